The van der Waals surface area contributed by atoms with Crippen molar-refractivity contribution in [1.29, 1.82) is 0 Å². The molecule has 1 amide bonds. The second-order valence-electron chi connectivity index (χ2n) is 5.67. The third-order valence-corrected chi connectivity index (χ3v) is 4.16. The molecular weight excluding hydrogens is 326 g/mol. The highest BCUT2D eigenvalue weighted by atomic mass is 32.1. The molecule has 3 rings (SSSR count). The molecule has 1 aromatic carbocycles. The fourth-order valence-corrected chi connectivity index (χ4v) is 2.83. The number of furan rings is 1. The quantitative estimate of drug-likeness (QED) is 0.635. The van der Waals surface area contributed by atoms with Gasteiger partial charge in [0.1, 0.15) is 5.58 Å². The van der Waals surface area contributed by atoms with Crippen LogP contribution >= 0.6 is 12.2 Å². The van der Waals surface area contributed by atoms with E-state index in [2.05, 4.69) is 15.5 Å². The maximum atomic E-state index is 12.2. The average molecular weight is 347 g/mol. The third-order valence-electron chi connectivity index (χ3n) is 3.92. The van der Waals surface area contributed by atoms with Crippen molar-refractivity contribution in [2.45, 2.75) is 6.42 Å². The van der Waals surface area contributed by atoms with Gasteiger partial charge in [0, 0.05) is 25.0 Å². The molecule has 7 heteroatoms. The molecule has 0 saturated carbocycles. The van der Waals surface area contributed by atoms with Gasteiger partial charge in [0.05, 0.1) is 13.2 Å². The van der Waals surface area contributed by atoms with Crippen LogP contribution in [0.3, 0.4) is 0 Å². The van der Waals surface area contributed by atoms with Gasteiger partial charge in [0.25, 0.3) is 5.91 Å². The molecule has 0 unspecified atom stereocenters. The molecule has 1 aliphatic rings. The molecule has 0 radical (unpaired) electrons. The predicted octanol–water partition coefficient (Wildman–Crippen LogP) is 1.76. The maximum absolute atomic E-state index is 12.2. The molecule has 2 aromatic rings. The minimum Gasteiger partial charge on any atom is -0.451 e. The standard InChI is InChI=1S/C17H21N3O3S/c21-16(15-12-13-4-1-2-5-14(13)23-15)19-17(24)18-6-3-7-20-8-10-22-11-9-20/h1-2,4-5,12H,3,6-11H2,(H2,18,19,21,24). The van der Waals surface area contributed by atoms with E-state index in [1.54, 1.807) is 6.07 Å². The molecule has 6 nitrogen and oxygen atoms in total. The number of amides is 1. The molecule has 1 aliphatic heterocycles. The van der Waals surface area contributed by atoms with Crippen LogP contribution in [0.5, 0.6) is 0 Å². The number of carbonyl (C=O) groups is 1. The highest BCUT2D eigenvalue weighted by Crippen LogP contribution is 2.18. The van der Waals surface area contributed by atoms with Gasteiger partial charge in [0.2, 0.25) is 0 Å². The Morgan fingerprint density at radius 2 is 2.04 bits per heavy atom. The van der Waals surface area contributed by atoms with Crippen molar-refractivity contribution >= 4 is 34.2 Å². The van der Waals surface area contributed by atoms with Gasteiger partial charge in [-0.25, -0.2) is 0 Å². The van der Waals surface area contributed by atoms with Crippen molar-refractivity contribution in [3.8, 4) is 0 Å². The van der Waals surface area contributed by atoms with Crippen LogP contribution in [0.2, 0.25) is 0 Å². The Kier molecular flexibility index (Phi) is 5.79. The van der Waals surface area contributed by atoms with Crippen LogP contribution in [-0.2, 0) is 4.74 Å². The topological polar surface area (TPSA) is 66.7 Å². The van der Waals surface area contributed by atoms with E-state index < -0.39 is 0 Å². The number of ether oxygens (including phenoxy) is 1. The second kappa shape index (κ2) is 8.23. The van der Waals surface area contributed by atoms with E-state index in [1.807, 2.05) is 24.3 Å². The number of hydrogen-bond donors (Lipinski definition) is 2. The molecule has 0 aliphatic carbocycles. The number of morpholine rings is 1. The van der Waals surface area contributed by atoms with Gasteiger partial charge < -0.3 is 14.5 Å². The van der Waals surface area contributed by atoms with Crippen molar-refractivity contribution in [1.82, 2.24) is 15.5 Å². The van der Waals surface area contributed by atoms with E-state index in [-0.39, 0.29) is 11.7 Å². The van der Waals surface area contributed by atoms with E-state index in [9.17, 15) is 4.79 Å². The van der Waals surface area contributed by atoms with Gasteiger partial charge >= 0.3 is 0 Å². The van der Waals surface area contributed by atoms with E-state index in [1.165, 1.54) is 0 Å². The number of para-hydroxylation sites is 1. The normalized spacial score (nSPS) is 15.3. The highest BCUT2D eigenvalue weighted by molar-refractivity contribution is 7.80. The first-order chi connectivity index (χ1) is 11.7. The second-order valence-corrected chi connectivity index (χ2v) is 6.07. The number of fused-ring (bicyclic) bond motifs is 1. The van der Waals surface area contributed by atoms with Crippen LogP contribution < -0.4 is 10.6 Å². The maximum Gasteiger partial charge on any atom is 0.293 e. The Morgan fingerprint density at radius 1 is 1.25 bits per heavy atom. The lowest BCUT2D eigenvalue weighted by Crippen LogP contribution is -2.41. The predicted molar refractivity (Wildman–Crippen MR) is 96.2 cm³/mol. The average Bonchev–Trinajstić information content (AvgIpc) is 3.04. The molecule has 1 aromatic heterocycles. The van der Waals surface area contributed by atoms with Gasteiger partial charge in [-0.05, 0) is 37.3 Å². The fraction of sp³-hybridized carbons (Fsp3) is 0.412. The highest BCUT2D eigenvalue weighted by Gasteiger charge is 2.13. The van der Waals surface area contributed by atoms with Crippen molar-refractivity contribution in [2.75, 3.05) is 39.4 Å². The minimum atomic E-state index is -0.336. The molecule has 0 bridgehead atoms. The van der Waals surface area contributed by atoms with Crippen LogP contribution in [0, 0.1) is 0 Å². The van der Waals surface area contributed by atoms with E-state index in [4.69, 9.17) is 21.4 Å². The van der Waals surface area contributed by atoms with Crippen molar-refractivity contribution in [2.24, 2.45) is 0 Å². The number of nitrogens with one attached hydrogen (secondary N) is 2. The van der Waals surface area contributed by atoms with Gasteiger partial charge in [-0.3, -0.25) is 15.0 Å². The monoisotopic (exact) mass is 347 g/mol. The molecule has 2 N–H and O–H groups in total. The summed E-state index contributed by atoms with van der Waals surface area (Å²) in [5.74, 6) is -0.0782. The number of carbonyl (C=O) groups excluding carboxylic acids is 1. The molecule has 128 valence electrons. The van der Waals surface area contributed by atoms with Crippen molar-refractivity contribution in [3.05, 3.63) is 36.1 Å². The molecule has 1 saturated heterocycles. The van der Waals surface area contributed by atoms with Crippen LogP contribution in [0.15, 0.2) is 34.7 Å². The summed E-state index contributed by atoms with van der Waals surface area (Å²) in [5.41, 5.74) is 0.687. The molecule has 0 atom stereocenters. The lowest BCUT2D eigenvalue weighted by atomic mass is 10.2. The summed E-state index contributed by atoms with van der Waals surface area (Å²) < 4.78 is 10.8. The summed E-state index contributed by atoms with van der Waals surface area (Å²) in [4.78, 5) is 14.5. The first-order valence-electron chi connectivity index (χ1n) is 8.10. The lowest BCUT2D eigenvalue weighted by molar-refractivity contribution is 0.0376. The molecular formula is C17H21N3O3S. The van der Waals surface area contributed by atoms with Crippen LogP contribution in [0.4, 0.5) is 0 Å². The van der Waals surface area contributed by atoms with Crippen molar-refractivity contribution in [3.63, 3.8) is 0 Å². The number of benzene rings is 1. The van der Waals surface area contributed by atoms with Gasteiger partial charge in [-0.2, -0.15) is 0 Å². The number of nitrogens with zero attached hydrogens (tertiary/aromatic N) is 1. The molecule has 24 heavy (non-hydrogen) atoms. The van der Waals surface area contributed by atoms with E-state index in [0.717, 1.165) is 51.2 Å². The summed E-state index contributed by atoms with van der Waals surface area (Å²) >= 11 is 5.16. The molecule has 1 fully saturated rings. The number of hydrogen-bond acceptors (Lipinski definition) is 5. The Bertz CT molecular complexity index is 677. The Balaban J connectivity index is 1.40. The van der Waals surface area contributed by atoms with Crippen LogP contribution in [0.1, 0.15) is 17.0 Å². The number of rotatable bonds is 5. The SMILES string of the molecule is O=C(NC(=S)NCCCN1CCOCC1)c1cc2ccccc2o1. The fourth-order valence-electron chi connectivity index (χ4n) is 2.63. The smallest absolute Gasteiger partial charge is 0.293 e. The Morgan fingerprint density at radius 3 is 2.83 bits per heavy atom. The number of thiocarbonyl (C=S) groups is 1. The largest absolute Gasteiger partial charge is 0.451 e. The van der Waals surface area contributed by atoms with E-state index in [0.29, 0.717) is 10.7 Å². The Labute approximate surface area is 146 Å². The zero-order valence-electron chi connectivity index (χ0n) is 13.4. The minimum absolute atomic E-state index is 0.258. The first kappa shape index (κ1) is 16.9. The van der Waals surface area contributed by atoms with Gasteiger partial charge in [-0.15, -0.1) is 0 Å². The third kappa shape index (κ3) is 4.53. The van der Waals surface area contributed by atoms with Crippen LogP contribution in [-0.4, -0.2) is 55.3 Å². The van der Waals surface area contributed by atoms with Gasteiger partial charge in [-0.1, -0.05) is 18.2 Å². The molecule has 0 spiro atoms. The summed E-state index contributed by atoms with van der Waals surface area (Å²) in [5, 5.41) is 6.92. The summed E-state index contributed by atoms with van der Waals surface area (Å²) in [6, 6.07) is 9.21. The van der Waals surface area contributed by atoms with Crippen LogP contribution in [0.25, 0.3) is 11.0 Å². The summed E-state index contributed by atoms with van der Waals surface area (Å²) in [6.07, 6.45) is 0.959. The summed E-state index contributed by atoms with van der Waals surface area (Å²) in [6.45, 7) is 5.28. The zero-order valence-corrected chi connectivity index (χ0v) is 14.2. The first-order valence-corrected chi connectivity index (χ1v) is 8.51. The molecule has 2 heterocycles. The Hall–Kier alpha value is -1.96. The summed E-state index contributed by atoms with van der Waals surface area (Å²) in [7, 11) is 0. The lowest BCUT2D eigenvalue weighted by Gasteiger charge is -2.26. The van der Waals surface area contributed by atoms with Gasteiger partial charge in [0.15, 0.2) is 10.9 Å². The zero-order chi connectivity index (χ0) is 16.8. The van der Waals surface area contributed by atoms with E-state index >= 15 is 0 Å². The van der Waals surface area contributed by atoms with Crippen molar-refractivity contribution < 1.29 is 13.9 Å².